The number of hydrogen-bond donors (Lipinski definition) is 0. The molecule has 0 saturated carbocycles. The first-order chi connectivity index (χ1) is 13.1. The van der Waals surface area contributed by atoms with Crippen LogP contribution in [0.1, 0.15) is 54.4 Å². The second kappa shape index (κ2) is 14.0. The lowest BCUT2D eigenvalue weighted by molar-refractivity contribution is -0.135. The third-order valence-electron chi connectivity index (χ3n) is 4.69. The molecule has 0 heterocycles. The normalized spacial score (nSPS) is 10.4. The van der Waals surface area contributed by atoms with Crippen LogP contribution in [0.25, 0.3) is 0 Å². The van der Waals surface area contributed by atoms with Crippen molar-refractivity contribution in [3.05, 3.63) is 0 Å². The molecule has 162 valence electrons. The molecule has 4 amide bonds. The first-order valence-corrected chi connectivity index (χ1v) is 10.2. The predicted molar refractivity (Wildman–Crippen MR) is 110 cm³/mol. The summed E-state index contributed by atoms with van der Waals surface area (Å²) in [6.45, 7) is 14.0. The van der Waals surface area contributed by atoms with Gasteiger partial charge in [0.05, 0.1) is 0 Å². The zero-order valence-electron chi connectivity index (χ0n) is 18.5. The summed E-state index contributed by atoms with van der Waals surface area (Å²) in [5, 5.41) is 0. The lowest BCUT2D eigenvalue weighted by atomic mass is 10.3. The minimum atomic E-state index is -0.0835. The highest BCUT2D eigenvalue weighted by molar-refractivity contribution is 5.75. The largest absolute Gasteiger partial charge is 0.341 e. The van der Waals surface area contributed by atoms with Gasteiger partial charge in [-0.15, -0.1) is 0 Å². The van der Waals surface area contributed by atoms with Gasteiger partial charge in [-0.25, -0.2) is 0 Å². The number of carbonyl (C=O) groups excluding carboxylic acids is 4. The van der Waals surface area contributed by atoms with E-state index in [-0.39, 0.29) is 23.6 Å². The molecule has 0 bridgehead atoms. The van der Waals surface area contributed by atoms with Crippen molar-refractivity contribution < 1.29 is 19.2 Å². The number of carbonyl (C=O) groups is 4. The maximum absolute atomic E-state index is 12.0. The molecule has 0 radical (unpaired) electrons. The molecule has 0 aromatic carbocycles. The summed E-state index contributed by atoms with van der Waals surface area (Å²) in [5.41, 5.74) is 0. The second-order valence-corrected chi connectivity index (χ2v) is 7.02. The maximum atomic E-state index is 12.0. The van der Waals surface area contributed by atoms with Crippen LogP contribution in [0.4, 0.5) is 0 Å². The maximum Gasteiger partial charge on any atom is 0.219 e. The van der Waals surface area contributed by atoms with Crippen molar-refractivity contribution in [1.82, 2.24) is 19.6 Å². The molecule has 0 unspecified atom stereocenters. The molecule has 0 aliphatic rings. The smallest absolute Gasteiger partial charge is 0.219 e. The highest BCUT2D eigenvalue weighted by atomic mass is 16.2. The summed E-state index contributed by atoms with van der Waals surface area (Å²) in [5.74, 6) is -0.174. The molecule has 0 spiro atoms. The van der Waals surface area contributed by atoms with E-state index < -0.39 is 0 Å². The van der Waals surface area contributed by atoms with Crippen LogP contribution < -0.4 is 0 Å². The number of rotatable bonds is 13. The fraction of sp³-hybridized carbons (Fsp3) is 0.800. The van der Waals surface area contributed by atoms with E-state index in [9.17, 15) is 19.2 Å². The van der Waals surface area contributed by atoms with E-state index in [0.717, 1.165) is 12.8 Å². The molecule has 0 saturated heterocycles. The topological polar surface area (TPSA) is 81.2 Å². The average Bonchev–Trinajstić information content (AvgIpc) is 2.60. The van der Waals surface area contributed by atoms with Crippen molar-refractivity contribution in [3.63, 3.8) is 0 Å². The van der Waals surface area contributed by atoms with E-state index in [0.29, 0.717) is 52.4 Å². The standard InChI is InChI=1S/C20H38N4O4/c1-7-9-21(17(3)25)11-13-23(19(5)27)15-16-24(20(6)28)14-12-22(10-8-2)18(4)26/h7-16H2,1-6H3. The van der Waals surface area contributed by atoms with Crippen LogP contribution >= 0.6 is 0 Å². The van der Waals surface area contributed by atoms with Crippen LogP contribution in [0.15, 0.2) is 0 Å². The van der Waals surface area contributed by atoms with Gasteiger partial charge in [0.1, 0.15) is 0 Å². The van der Waals surface area contributed by atoms with E-state index >= 15 is 0 Å². The number of hydrogen-bond acceptors (Lipinski definition) is 4. The molecule has 0 aliphatic carbocycles. The van der Waals surface area contributed by atoms with Crippen LogP contribution in [0, 0.1) is 0 Å². The second-order valence-electron chi connectivity index (χ2n) is 7.02. The number of nitrogens with zero attached hydrogens (tertiary/aromatic N) is 4. The summed E-state index contributed by atoms with van der Waals surface area (Å²) in [7, 11) is 0. The van der Waals surface area contributed by atoms with E-state index in [4.69, 9.17) is 0 Å². The van der Waals surface area contributed by atoms with Gasteiger partial charge < -0.3 is 19.6 Å². The molecule has 28 heavy (non-hydrogen) atoms. The lowest BCUT2D eigenvalue weighted by Gasteiger charge is -2.30. The zero-order chi connectivity index (χ0) is 21.7. The van der Waals surface area contributed by atoms with E-state index in [2.05, 4.69) is 0 Å². The van der Waals surface area contributed by atoms with Crippen molar-refractivity contribution >= 4 is 23.6 Å². The summed E-state index contributed by atoms with van der Waals surface area (Å²) >= 11 is 0. The first-order valence-electron chi connectivity index (χ1n) is 10.2. The molecule has 0 aliphatic heterocycles. The van der Waals surface area contributed by atoms with Gasteiger partial charge in [-0.05, 0) is 12.8 Å². The molecule has 0 aromatic heterocycles. The fourth-order valence-corrected chi connectivity index (χ4v) is 2.97. The lowest BCUT2D eigenvalue weighted by Crippen LogP contribution is -2.46. The van der Waals surface area contributed by atoms with Gasteiger partial charge in [-0.2, -0.15) is 0 Å². The van der Waals surface area contributed by atoms with Gasteiger partial charge in [-0.1, -0.05) is 13.8 Å². The molecule has 0 aromatic rings. The zero-order valence-corrected chi connectivity index (χ0v) is 18.5. The Bertz CT molecular complexity index is 478. The van der Waals surface area contributed by atoms with Crippen molar-refractivity contribution in [2.24, 2.45) is 0 Å². The molecular weight excluding hydrogens is 360 g/mol. The molecule has 0 fully saturated rings. The average molecular weight is 399 g/mol. The Balaban J connectivity index is 4.76. The SMILES string of the molecule is CCCN(CCN(CCN(CCN(CCC)C(C)=O)C(C)=O)C(C)=O)C(C)=O. The highest BCUT2D eigenvalue weighted by Gasteiger charge is 2.17. The van der Waals surface area contributed by atoms with Gasteiger partial charge in [0, 0.05) is 80.1 Å². The third kappa shape index (κ3) is 10.3. The molecule has 0 atom stereocenters. The van der Waals surface area contributed by atoms with Crippen LogP contribution in [-0.2, 0) is 19.2 Å². The minimum absolute atomic E-state index is 0.00374. The Morgan fingerprint density at radius 1 is 0.429 bits per heavy atom. The van der Waals surface area contributed by atoms with Crippen molar-refractivity contribution in [3.8, 4) is 0 Å². The van der Waals surface area contributed by atoms with Crippen LogP contribution in [0.2, 0.25) is 0 Å². The Labute approximate surface area is 169 Å². The minimum Gasteiger partial charge on any atom is -0.341 e. The van der Waals surface area contributed by atoms with Gasteiger partial charge in [-0.3, -0.25) is 19.2 Å². The quantitative estimate of drug-likeness (QED) is 0.467. The summed E-state index contributed by atoms with van der Waals surface area (Å²) in [6.07, 6.45) is 1.73. The number of amides is 4. The van der Waals surface area contributed by atoms with Crippen LogP contribution in [0.5, 0.6) is 0 Å². The molecule has 0 rings (SSSR count). The van der Waals surface area contributed by atoms with Crippen LogP contribution in [0.3, 0.4) is 0 Å². The summed E-state index contributed by atoms with van der Waals surface area (Å²) in [4.78, 5) is 54.1. The van der Waals surface area contributed by atoms with E-state index in [1.165, 1.54) is 27.7 Å². The van der Waals surface area contributed by atoms with Gasteiger partial charge in [0.15, 0.2) is 0 Å². The molecule has 8 nitrogen and oxygen atoms in total. The summed E-state index contributed by atoms with van der Waals surface area (Å²) < 4.78 is 0. The monoisotopic (exact) mass is 398 g/mol. The van der Waals surface area contributed by atoms with Gasteiger partial charge in [0.25, 0.3) is 0 Å². The Hall–Kier alpha value is -2.12. The van der Waals surface area contributed by atoms with Crippen molar-refractivity contribution in [2.45, 2.75) is 54.4 Å². The molecular formula is C20H38N4O4. The summed E-state index contributed by atoms with van der Waals surface area (Å²) in [6, 6.07) is 0. The third-order valence-corrected chi connectivity index (χ3v) is 4.69. The fourth-order valence-electron chi connectivity index (χ4n) is 2.97. The van der Waals surface area contributed by atoms with E-state index in [1.807, 2.05) is 13.8 Å². The van der Waals surface area contributed by atoms with Crippen molar-refractivity contribution in [2.75, 3.05) is 52.4 Å². The molecule has 0 N–H and O–H groups in total. The Morgan fingerprint density at radius 2 is 0.607 bits per heavy atom. The first kappa shape index (κ1) is 25.9. The Morgan fingerprint density at radius 3 is 0.750 bits per heavy atom. The van der Waals surface area contributed by atoms with Crippen molar-refractivity contribution in [1.29, 1.82) is 0 Å². The van der Waals surface area contributed by atoms with Crippen LogP contribution in [-0.4, -0.2) is 95.6 Å². The molecule has 8 heteroatoms. The Kier molecular flexibility index (Phi) is 12.9. The predicted octanol–water partition coefficient (Wildman–Crippen LogP) is 1.20. The highest BCUT2D eigenvalue weighted by Crippen LogP contribution is 2.00. The van der Waals surface area contributed by atoms with E-state index in [1.54, 1.807) is 19.6 Å². The van der Waals surface area contributed by atoms with Gasteiger partial charge >= 0.3 is 0 Å². The van der Waals surface area contributed by atoms with Gasteiger partial charge in [0.2, 0.25) is 23.6 Å².